The average Bonchev–Trinajstić information content (AvgIpc) is 3.46. The van der Waals surface area contributed by atoms with Gasteiger partial charge in [-0.2, -0.15) is 0 Å². The fourth-order valence-corrected chi connectivity index (χ4v) is 5.83. The lowest BCUT2D eigenvalue weighted by Gasteiger charge is -2.23. The number of rotatable bonds is 8. The highest BCUT2D eigenvalue weighted by Crippen LogP contribution is 2.32. The van der Waals surface area contributed by atoms with E-state index >= 15 is 0 Å². The van der Waals surface area contributed by atoms with E-state index in [-0.39, 0.29) is 23.3 Å². The smallest absolute Gasteiger partial charge is 0.233 e. The van der Waals surface area contributed by atoms with Gasteiger partial charge in [0.25, 0.3) is 0 Å². The molecule has 176 valence electrons. The Hall–Kier alpha value is -2.49. The minimum absolute atomic E-state index is 0.0194. The van der Waals surface area contributed by atoms with E-state index in [4.69, 9.17) is 14.5 Å². The molecule has 0 N–H and O–H groups in total. The molecule has 2 aromatic carbocycles. The molecule has 1 aromatic heterocycles. The monoisotopic (exact) mass is 488 g/mol. The Kier molecular flexibility index (Phi) is 7.02. The van der Waals surface area contributed by atoms with Gasteiger partial charge >= 0.3 is 0 Å². The Bertz CT molecular complexity index is 1230. The van der Waals surface area contributed by atoms with Gasteiger partial charge < -0.3 is 9.47 Å². The van der Waals surface area contributed by atoms with Gasteiger partial charge in [-0.25, -0.2) is 13.4 Å². The van der Waals surface area contributed by atoms with Crippen LogP contribution in [0.5, 0.6) is 5.75 Å². The number of hydrogen-bond donors (Lipinski definition) is 0. The predicted molar refractivity (Wildman–Crippen MR) is 130 cm³/mol. The molecule has 0 aliphatic carbocycles. The van der Waals surface area contributed by atoms with Crippen molar-refractivity contribution in [2.24, 2.45) is 0 Å². The maximum Gasteiger partial charge on any atom is 0.233 e. The van der Waals surface area contributed by atoms with Crippen LogP contribution < -0.4 is 9.64 Å². The second-order valence-electron chi connectivity index (χ2n) is 8.38. The fraction of sp³-hybridized carbons (Fsp3) is 0.417. The van der Waals surface area contributed by atoms with Gasteiger partial charge in [-0.3, -0.25) is 9.69 Å². The Balaban J connectivity index is 1.58. The SMILES string of the molecule is COc1ccc2nc(N(CC3CCCO3)C(=O)Cc3ccc(S(=O)(=O)C(C)C)cc3)sc2c1. The zero-order valence-electron chi connectivity index (χ0n) is 19.0. The van der Waals surface area contributed by atoms with Crippen LogP contribution in [0, 0.1) is 0 Å². The van der Waals surface area contributed by atoms with Crippen LogP contribution in [0.1, 0.15) is 32.3 Å². The van der Waals surface area contributed by atoms with Crippen LogP contribution in [0.2, 0.25) is 0 Å². The van der Waals surface area contributed by atoms with Crippen molar-refractivity contribution in [2.45, 2.75) is 49.4 Å². The van der Waals surface area contributed by atoms with E-state index in [0.717, 1.165) is 34.4 Å². The van der Waals surface area contributed by atoms with E-state index in [0.29, 0.717) is 18.3 Å². The van der Waals surface area contributed by atoms with E-state index in [1.54, 1.807) is 50.1 Å². The molecule has 4 rings (SSSR count). The number of benzene rings is 2. The van der Waals surface area contributed by atoms with Crippen LogP contribution in [0.15, 0.2) is 47.4 Å². The first-order chi connectivity index (χ1) is 15.8. The summed E-state index contributed by atoms with van der Waals surface area (Å²) in [6.45, 7) is 4.46. The standard InChI is InChI=1S/C24H28N2O5S2/c1-16(2)33(28,29)20-9-6-17(7-10-20)13-23(27)26(15-19-5-4-12-31-19)24-25-21-11-8-18(30-3)14-22(21)32-24/h6-11,14,16,19H,4-5,12-13,15H2,1-3H3. The molecule has 9 heteroatoms. The van der Waals surface area contributed by atoms with Gasteiger partial charge in [0, 0.05) is 6.61 Å². The van der Waals surface area contributed by atoms with Crippen molar-refractivity contribution < 1.29 is 22.7 Å². The minimum atomic E-state index is -3.35. The Morgan fingerprint density at radius 3 is 2.64 bits per heavy atom. The summed E-state index contributed by atoms with van der Waals surface area (Å²) < 4.78 is 36.8. The molecule has 7 nitrogen and oxygen atoms in total. The average molecular weight is 489 g/mol. The van der Waals surface area contributed by atoms with Crippen LogP contribution in [-0.4, -0.2) is 50.9 Å². The summed E-state index contributed by atoms with van der Waals surface area (Å²) in [5, 5.41) is 0.127. The summed E-state index contributed by atoms with van der Waals surface area (Å²) in [5.74, 6) is 0.641. The third kappa shape index (κ3) is 5.20. The van der Waals surface area contributed by atoms with Crippen LogP contribution in [0.25, 0.3) is 10.2 Å². The molecule has 0 spiro atoms. The number of thiazole rings is 1. The Labute approximate surface area is 198 Å². The van der Waals surface area contributed by atoms with Crippen molar-refractivity contribution in [3.8, 4) is 5.75 Å². The van der Waals surface area contributed by atoms with Gasteiger partial charge in [-0.15, -0.1) is 0 Å². The summed E-state index contributed by atoms with van der Waals surface area (Å²) in [7, 11) is -1.73. The molecule has 1 saturated heterocycles. The fourth-order valence-electron chi connectivity index (χ4n) is 3.75. The van der Waals surface area contributed by atoms with E-state index in [1.165, 1.54) is 11.3 Å². The third-order valence-electron chi connectivity index (χ3n) is 5.75. The zero-order valence-corrected chi connectivity index (χ0v) is 20.6. The number of aromatic nitrogens is 1. The van der Waals surface area contributed by atoms with Crippen LogP contribution >= 0.6 is 11.3 Å². The molecule has 33 heavy (non-hydrogen) atoms. The van der Waals surface area contributed by atoms with Crippen LogP contribution in [0.3, 0.4) is 0 Å². The second-order valence-corrected chi connectivity index (χ2v) is 11.9. The van der Waals surface area contributed by atoms with Crippen molar-refractivity contribution in [3.63, 3.8) is 0 Å². The highest BCUT2D eigenvalue weighted by atomic mass is 32.2. The van der Waals surface area contributed by atoms with Gasteiger partial charge in [0.15, 0.2) is 15.0 Å². The van der Waals surface area contributed by atoms with Gasteiger partial charge in [0.05, 0.1) is 46.5 Å². The Morgan fingerprint density at radius 2 is 2.00 bits per heavy atom. The normalized spacial score (nSPS) is 16.4. The number of nitrogens with zero attached hydrogens (tertiary/aromatic N) is 2. The molecule has 1 atom stereocenters. The number of methoxy groups -OCH3 is 1. The number of anilines is 1. The number of fused-ring (bicyclic) bond motifs is 1. The number of hydrogen-bond acceptors (Lipinski definition) is 7. The molecular formula is C24H28N2O5S2. The van der Waals surface area contributed by atoms with Gasteiger partial charge in [0.1, 0.15) is 5.75 Å². The van der Waals surface area contributed by atoms with Gasteiger partial charge in [-0.05, 0) is 62.6 Å². The highest BCUT2D eigenvalue weighted by molar-refractivity contribution is 7.92. The molecule has 2 heterocycles. The lowest BCUT2D eigenvalue weighted by atomic mass is 10.1. The molecule has 1 aliphatic rings. The lowest BCUT2D eigenvalue weighted by Crippen LogP contribution is -2.38. The van der Waals surface area contributed by atoms with E-state index in [9.17, 15) is 13.2 Å². The van der Waals surface area contributed by atoms with Crippen LogP contribution in [-0.2, 0) is 25.8 Å². The van der Waals surface area contributed by atoms with E-state index < -0.39 is 15.1 Å². The topological polar surface area (TPSA) is 85.8 Å². The van der Waals surface area contributed by atoms with Crippen molar-refractivity contribution in [2.75, 3.05) is 25.2 Å². The van der Waals surface area contributed by atoms with Crippen molar-refractivity contribution in [1.82, 2.24) is 4.98 Å². The molecule has 1 fully saturated rings. The zero-order chi connectivity index (χ0) is 23.6. The minimum Gasteiger partial charge on any atom is -0.497 e. The first-order valence-corrected chi connectivity index (χ1v) is 13.3. The second kappa shape index (κ2) is 9.79. The lowest BCUT2D eigenvalue weighted by molar-refractivity contribution is -0.118. The van der Waals surface area contributed by atoms with Crippen molar-refractivity contribution >= 4 is 42.4 Å². The predicted octanol–water partition coefficient (Wildman–Crippen LogP) is 4.24. The largest absolute Gasteiger partial charge is 0.497 e. The van der Waals surface area contributed by atoms with Crippen LogP contribution in [0.4, 0.5) is 5.13 Å². The molecular weight excluding hydrogens is 460 g/mol. The van der Waals surface area contributed by atoms with E-state index in [1.807, 2.05) is 18.2 Å². The number of carbonyl (C=O) groups is 1. The molecule has 0 radical (unpaired) electrons. The summed E-state index contributed by atoms with van der Waals surface area (Å²) in [6.07, 6.45) is 2.02. The van der Waals surface area contributed by atoms with Crippen molar-refractivity contribution in [1.29, 1.82) is 0 Å². The number of ether oxygens (including phenoxy) is 2. The maximum atomic E-state index is 13.4. The molecule has 0 bridgehead atoms. The molecule has 1 unspecified atom stereocenters. The first kappa shape index (κ1) is 23.7. The maximum absolute atomic E-state index is 13.4. The molecule has 1 amide bonds. The summed E-state index contributed by atoms with van der Waals surface area (Å²) in [5.41, 5.74) is 1.56. The number of carbonyl (C=O) groups excluding carboxylic acids is 1. The van der Waals surface area contributed by atoms with Gasteiger partial charge in [0.2, 0.25) is 5.91 Å². The summed E-state index contributed by atoms with van der Waals surface area (Å²) >= 11 is 1.45. The molecule has 0 saturated carbocycles. The number of sulfone groups is 1. The van der Waals surface area contributed by atoms with Gasteiger partial charge in [-0.1, -0.05) is 23.5 Å². The Morgan fingerprint density at radius 1 is 1.24 bits per heavy atom. The van der Waals surface area contributed by atoms with E-state index in [2.05, 4.69) is 0 Å². The quantitative estimate of drug-likeness (QED) is 0.471. The molecule has 1 aliphatic heterocycles. The summed E-state index contributed by atoms with van der Waals surface area (Å²) in [4.78, 5) is 20.0. The summed E-state index contributed by atoms with van der Waals surface area (Å²) in [6, 6.07) is 12.2. The van der Waals surface area contributed by atoms with Crippen molar-refractivity contribution in [3.05, 3.63) is 48.0 Å². The number of amides is 1. The molecule has 3 aromatic rings. The first-order valence-electron chi connectivity index (χ1n) is 11.0. The highest BCUT2D eigenvalue weighted by Gasteiger charge is 2.27. The third-order valence-corrected chi connectivity index (χ3v) is 8.97.